The summed E-state index contributed by atoms with van der Waals surface area (Å²) in [6, 6.07) is 26.2. The van der Waals surface area contributed by atoms with Crippen molar-refractivity contribution >= 4 is 17.3 Å². The van der Waals surface area contributed by atoms with E-state index in [4.69, 9.17) is 0 Å². The Morgan fingerprint density at radius 3 is 2.54 bits per heavy atom. The molecule has 0 radical (unpaired) electrons. The minimum absolute atomic E-state index is 0.00434. The number of nitrogens with zero attached hydrogens (tertiary/aromatic N) is 1. The van der Waals surface area contributed by atoms with E-state index >= 15 is 0 Å². The van der Waals surface area contributed by atoms with Gasteiger partial charge in [0.15, 0.2) is 0 Å². The Morgan fingerprint density at radius 1 is 1.11 bits per heavy atom. The lowest BCUT2D eigenvalue weighted by molar-refractivity contribution is -0.142. The summed E-state index contributed by atoms with van der Waals surface area (Å²) in [6.45, 7) is 7.04. The first kappa shape index (κ1) is 24.3. The quantitative estimate of drug-likeness (QED) is 0.360. The van der Waals surface area contributed by atoms with Crippen molar-refractivity contribution in [3.63, 3.8) is 0 Å². The maximum atomic E-state index is 11.7. The van der Waals surface area contributed by atoms with Crippen LogP contribution in [0.1, 0.15) is 55.0 Å². The van der Waals surface area contributed by atoms with Crippen LogP contribution in [0.2, 0.25) is 0 Å². The standard InChI is InChI=1S/C29H32N4O2/c1-19(21-11-7-13-23(15-21)29(2,3)28(34)35)17-32-26(20-9-5-4-6-10-20)25-18-31-24-14-8-12-22(16-30)27(24)33-25/h4-15,19,25-26,31-33H,17-18H2,1-3H3,(H,34,35)/t19-,25+,26+/m0/s1. The number of anilines is 2. The van der Waals surface area contributed by atoms with Crippen LogP contribution in [-0.2, 0) is 10.2 Å². The smallest absolute Gasteiger partial charge is 0.313 e. The molecule has 1 aliphatic rings. The lowest BCUT2D eigenvalue weighted by atomic mass is 9.83. The molecule has 35 heavy (non-hydrogen) atoms. The summed E-state index contributed by atoms with van der Waals surface area (Å²) in [7, 11) is 0. The molecule has 0 aliphatic carbocycles. The Kier molecular flexibility index (Phi) is 7.09. The average molecular weight is 469 g/mol. The fourth-order valence-corrected chi connectivity index (χ4v) is 4.54. The second kappa shape index (κ2) is 10.2. The van der Waals surface area contributed by atoms with Gasteiger partial charge in [0.05, 0.1) is 34.4 Å². The molecule has 3 atom stereocenters. The number of hydrogen-bond acceptors (Lipinski definition) is 5. The first-order valence-electron chi connectivity index (χ1n) is 12.0. The van der Waals surface area contributed by atoms with Crippen LogP contribution in [0.25, 0.3) is 0 Å². The maximum absolute atomic E-state index is 11.7. The third-order valence-corrected chi connectivity index (χ3v) is 6.94. The van der Waals surface area contributed by atoms with Gasteiger partial charge >= 0.3 is 5.97 Å². The number of rotatable bonds is 8. The Labute approximate surface area is 207 Å². The van der Waals surface area contributed by atoms with Crippen LogP contribution < -0.4 is 16.0 Å². The first-order valence-corrected chi connectivity index (χ1v) is 12.0. The van der Waals surface area contributed by atoms with Crippen LogP contribution in [0.15, 0.2) is 72.8 Å². The van der Waals surface area contributed by atoms with Gasteiger partial charge in [-0.05, 0) is 48.6 Å². The van der Waals surface area contributed by atoms with E-state index in [1.54, 1.807) is 13.8 Å². The van der Waals surface area contributed by atoms with E-state index in [0.29, 0.717) is 18.7 Å². The number of aliphatic carboxylic acids is 1. The molecule has 3 aromatic rings. The summed E-state index contributed by atoms with van der Waals surface area (Å²) in [6.07, 6.45) is 0. The van der Waals surface area contributed by atoms with Gasteiger partial charge in [0.25, 0.3) is 0 Å². The molecule has 0 unspecified atom stereocenters. The highest BCUT2D eigenvalue weighted by Gasteiger charge is 2.31. The summed E-state index contributed by atoms with van der Waals surface area (Å²) in [5, 5.41) is 30.1. The Hall–Kier alpha value is -3.82. The molecule has 6 heteroatoms. The van der Waals surface area contributed by atoms with Crippen molar-refractivity contribution in [2.45, 2.75) is 44.2 Å². The van der Waals surface area contributed by atoms with Gasteiger partial charge in [-0.3, -0.25) is 4.79 Å². The summed E-state index contributed by atoms with van der Waals surface area (Å²) < 4.78 is 0. The first-order chi connectivity index (χ1) is 16.8. The third kappa shape index (κ3) is 5.16. The summed E-state index contributed by atoms with van der Waals surface area (Å²) in [4.78, 5) is 11.7. The molecule has 0 bridgehead atoms. The second-order valence-corrected chi connectivity index (χ2v) is 9.72. The molecule has 1 heterocycles. The van der Waals surface area contributed by atoms with Crippen molar-refractivity contribution in [3.05, 3.63) is 95.1 Å². The number of nitrogens with one attached hydrogen (secondary N) is 3. The molecule has 0 saturated carbocycles. The summed E-state index contributed by atoms with van der Waals surface area (Å²) in [5.41, 5.74) is 4.52. The number of para-hydroxylation sites is 1. The number of carboxylic acids is 1. The molecule has 0 aromatic heterocycles. The van der Waals surface area contributed by atoms with Crippen molar-refractivity contribution in [1.29, 1.82) is 5.26 Å². The number of hydrogen-bond donors (Lipinski definition) is 4. The van der Waals surface area contributed by atoms with Crippen LogP contribution in [0.5, 0.6) is 0 Å². The number of carboxylic acid groups (broad SMARTS) is 1. The van der Waals surface area contributed by atoms with E-state index < -0.39 is 11.4 Å². The number of benzene rings is 3. The van der Waals surface area contributed by atoms with Gasteiger partial charge in [-0.2, -0.15) is 5.26 Å². The molecule has 4 rings (SSSR count). The minimum atomic E-state index is -0.945. The molecule has 4 N–H and O–H groups in total. The molecule has 6 nitrogen and oxygen atoms in total. The van der Waals surface area contributed by atoms with Gasteiger partial charge in [0.2, 0.25) is 0 Å². The van der Waals surface area contributed by atoms with Crippen LogP contribution >= 0.6 is 0 Å². The second-order valence-electron chi connectivity index (χ2n) is 9.72. The van der Waals surface area contributed by atoms with E-state index in [2.05, 4.69) is 47.1 Å². The van der Waals surface area contributed by atoms with Crippen molar-refractivity contribution in [2.24, 2.45) is 0 Å². The Balaban J connectivity index is 1.55. The van der Waals surface area contributed by atoms with Crippen molar-refractivity contribution in [2.75, 3.05) is 23.7 Å². The average Bonchev–Trinajstić information content (AvgIpc) is 2.88. The fraction of sp³-hybridized carbons (Fsp3) is 0.310. The molecule has 180 valence electrons. The lowest BCUT2D eigenvalue weighted by Gasteiger charge is -2.36. The van der Waals surface area contributed by atoms with Crippen LogP contribution in [0, 0.1) is 11.3 Å². The molecule has 0 saturated heterocycles. The van der Waals surface area contributed by atoms with Gasteiger partial charge in [0, 0.05) is 13.1 Å². The molecular weight excluding hydrogens is 436 g/mol. The lowest BCUT2D eigenvalue weighted by Crippen LogP contribution is -2.45. The predicted octanol–water partition coefficient (Wildman–Crippen LogP) is 5.26. The Morgan fingerprint density at radius 2 is 1.83 bits per heavy atom. The van der Waals surface area contributed by atoms with Crippen molar-refractivity contribution in [3.8, 4) is 6.07 Å². The fourth-order valence-electron chi connectivity index (χ4n) is 4.54. The molecule has 0 spiro atoms. The topological polar surface area (TPSA) is 97.2 Å². The van der Waals surface area contributed by atoms with E-state index in [-0.39, 0.29) is 18.0 Å². The zero-order valence-corrected chi connectivity index (χ0v) is 20.4. The molecular formula is C29H32N4O2. The maximum Gasteiger partial charge on any atom is 0.313 e. The monoisotopic (exact) mass is 468 g/mol. The SMILES string of the molecule is C[C@@H](CN[C@H](c1ccccc1)[C@H]1CNc2cccc(C#N)c2N1)c1cccc(C(C)(C)C(=O)O)c1. The Bertz CT molecular complexity index is 1230. The highest BCUT2D eigenvalue weighted by molar-refractivity contribution is 5.80. The summed E-state index contributed by atoms with van der Waals surface area (Å²) >= 11 is 0. The van der Waals surface area contributed by atoms with E-state index in [1.165, 1.54) is 0 Å². The predicted molar refractivity (Wildman–Crippen MR) is 140 cm³/mol. The van der Waals surface area contributed by atoms with Gasteiger partial charge < -0.3 is 21.1 Å². The van der Waals surface area contributed by atoms with Gasteiger partial charge in [-0.15, -0.1) is 0 Å². The number of nitriles is 1. The number of carbonyl (C=O) groups is 1. The molecule has 0 amide bonds. The van der Waals surface area contributed by atoms with Crippen molar-refractivity contribution < 1.29 is 9.90 Å². The van der Waals surface area contributed by atoms with Crippen LogP contribution in [-0.4, -0.2) is 30.2 Å². The molecule has 3 aromatic carbocycles. The minimum Gasteiger partial charge on any atom is -0.481 e. The highest BCUT2D eigenvalue weighted by Crippen LogP contribution is 2.33. The molecule has 0 fully saturated rings. The summed E-state index contributed by atoms with van der Waals surface area (Å²) in [5.74, 6) is -0.665. The van der Waals surface area contributed by atoms with Gasteiger partial charge in [-0.25, -0.2) is 0 Å². The van der Waals surface area contributed by atoms with E-state index in [9.17, 15) is 15.2 Å². The van der Waals surface area contributed by atoms with E-state index in [1.807, 2.05) is 54.6 Å². The van der Waals surface area contributed by atoms with E-state index in [0.717, 1.165) is 28.1 Å². The van der Waals surface area contributed by atoms with Crippen LogP contribution in [0.4, 0.5) is 11.4 Å². The normalized spacial score (nSPS) is 16.7. The largest absolute Gasteiger partial charge is 0.481 e. The van der Waals surface area contributed by atoms with Crippen LogP contribution in [0.3, 0.4) is 0 Å². The third-order valence-electron chi connectivity index (χ3n) is 6.94. The number of fused-ring (bicyclic) bond motifs is 1. The van der Waals surface area contributed by atoms with Gasteiger partial charge in [-0.1, -0.05) is 67.6 Å². The van der Waals surface area contributed by atoms with Crippen molar-refractivity contribution in [1.82, 2.24) is 5.32 Å². The zero-order valence-electron chi connectivity index (χ0n) is 20.4. The highest BCUT2D eigenvalue weighted by atomic mass is 16.4. The zero-order chi connectivity index (χ0) is 25.0. The van der Waals surface area contributed by atoms with Gasteiger partial charge in [0.1, 0.15) is 6.07 Å². The molecule has 1 aliphatic heterocycles.